The molecule has 0 spiro atoms. The molecule has 1 rings (SSSR count). The van der Waals surface area contributed by atoms with Crippen LogP contribution in [0.25, 0.3) is 0 Å². The van der Waals surface area contributed by atoms with Gasteiger partial charge in [-0.05, 0) is 62.1 Å². The zero-order chi connectivity index (χ0) is 18.5. The lowest BCUT2D eigenvalue weighted by Gasteiger charge is -2.29. The Morgan fingerprint density at radius 1 is 1.08 bits per heavy atom. The molecule has 1 aromatic rings. The van der Waals surface area contributed by atoms with Crippen molar-refractivity contribution in [1.82, 2.24) is 10.6 Å². The first-order valence-corrected chi connectivity index (χ1v) is 9.50. The second-order valence-corrected chi connectivity index (χ2v) is 6.57. The molecule has 0 heterocycles. The van der Waals surface area contributed by atoms with E-state index in [-0.39, 0.29) is 36.0 Å². The monoisotopic (exact) mass is 477 g/mol. The lowest BCUT2D eigenvalue weighted by Crippen LogP contribution is -2.39. The molecule has 0 aliphatic rings. The van der Waals surface area contributed by atoms with Crippen LogP contribution >= 0.6 is 24.0 Å². The highest BCUT2D eigenvalue weighted by atomic mass is 127. The summed E-state index contributed by atoms with van der Waals surface area (Å²) in [7, 11) is 0. The molecule has 0 radical (unpaired) electrons. The SMILES string of the molecule is CCNC(=NCC(CC)(CC)CCO)NCCCc1ccc(O)cc1.I. The van der Waals surface area contributed by atoms with E-state index in [4.69, 9.17) is 4.99 Å². The number of aliphatic hydroxyl groups is 1. The molecule has 0 amide bonds. The van der Waals surface area contributed by atoms with Crippen molar-refractivity contribution in [3.63, 3.8) is 0 Å². The number of aromatic hydroxyl groups is 1. The molecule has 4 N–H and O–H groups in total. The third-order valence-corrected chi connectivity index (χ3v) is 4.93. The molecule has 150 valence electrons. The summed E-state index contributed by atoms with van der Waals surface area (Å²) in [5.41, 5.74) is 1.31. The molecule has 0 aromatic heterocycles. The van der Waals surface area contributed by atoms with Crippen molar-refractivity contribution in [3.8, 4) is 5.75 Å². The van der Waals surface area contributed by atoms with Gasteiger partial charge in [-0.2, -0.15) is 0 Å². The lowest BCUT2D eigenvalue weighted by atomic mass is 9.79. The number of nitrogens with one attached hydrogen (secondary N) is 2. The van der Waals surface area contributed by atoms with Crippen molar-refractivity contribution < 1.29 is 10.2 Å². The predicted molar refractivity (Wildman–Crippen MR) is 121 cm³/mol. The first-order chi connectivity index (χ1) is 12.1. The van der Waals surface area contributed by atoms with Gasteiger partial charge in [-0.15, -0.1) is 24.0 Å². The minimum Gasteiger partial charge on any atom is -0.508 e. The summed E-state index contributed by atoms with van der Waals surface area (Å²) in [5.74, 6) is 1.15. The van der Waals surface area contributed by atoms with Crippen molar-refractivity contribution in [1.29, 1.82) is 0 Å². The largest absolute Gasteiger partial charge is 0.508 e. The Bertz CT molecular complexity index is 502. The van der Waals surface area contributed by atoms with E-state index in [9.17, 15) is 10.2 Å². The number of phenolic OH excluding ortho intramolecular Hbond substituents is 1. The summed E-state index contributed by atoms with van der Waals surface area (Å²) in [4.78, 5) is 4.75. The second kappa shape index (κ2) is 14.1. The van der Waals surface area contributed by atoms with Gasteiger partial charge in [-0.1, -0.05) is 26.0 Å². The number of phenols is 1. The first-order valence-electron chi connectivity index (χ1n) is 9.50. The average Bonchev–Trinajstić information content (AvgIpc) is 2.63. The van der Waals surface area contributed by atoms with Gasteiger partial charge in [0.25, 0.3) is 0 Å². The lowest BCUT2D eigenvalue weighted by molar-refractivity contribution is 0.175. The Balaban J connectivity index is 0.00000625. The van der Waals surface area contributed by atoms with E-state index in [1.165, 1.54) is 5.56 Å². The highest BCUT2D eigenvalue weighted by molar-refractivity contribution is 14.0. The van der Waals surface area contributed by atoms with Crippen molar-refractivity contribution >= 4 is 29.9 Å². The summed E-state index contributed by atoms with van der Waals surface area (Å²) < 4.78 is 0. The van der Waals surface area contributed by atoms with Gasteiger partial charge in [-0.3, -0.25) is 4.99 Å². The summed E-state index contributed by atoms with van der Waals surface area (Å²) in [5, 5.41) is 25.3. The van der Waals surface area contributed by atoms with E-state index >= 15 is 0 Å². The van der Waals surface area contributed by atoms with Crippen molar-refractivity contribution in [2.24, 2.45) is 10.4 Å². The molecule has 0 aliphatic carbocycles. The van der Waals surface area contributed by atoms with Crippen molar-refractivity contribution in [2.75, 3.05) is 26.2 Å². The van der Waals surface area contributed by atoms with Gasteiger partial charge in [0.1, 0.15) is 5.75 Å². The number of guanidine groups is 1. The molecular weight excluding hydrogens is 441 g/mol. The fraction of sp³-hybridized carbons (Fsp3) is 0.650. The molecular formula is C20H36IN3O2. The van der Waals surface area contributed by atoms with Gasteiger partial charge < -0.3 is 20.8 Å². The quantitative estimate of drug-likeness (QED) is 0.170. The van der Waals surface area contributed by atoms with Gasteiger partial charge in [-0.25, -0.2) is 0 Å². The number of aliphatic imine (C=N–C) groups is 1. The molecule has 0 unspecified atom stereocenters. The zero-order valence-corrected chi connectivity index (χ0v) is 18.8. The molecule has 0 atom stereocenters. The standard InChI is InChI=1S/C20H35N3O2.HI/c1-4-20(5-2,13-15-24)16-23-19(21-6-3)22-14-7-8-17-9-11-18(25)12-10-17;/h9-12,24-25H,4-8,13-16H2,1-3H3,(H2,21,22,23);1H. The van der Waals surface area contributed by atoms with E-state index in [1.807, 2.05) is 12.1 Å². The first kappa shape index (κ1) is 25.0. The van der Waals surface area contributed by atoms with E-state index in [0.29, 0.717) is 5.75 Å². The van der Waals surface area contributed by atoms with Gasteiger partial charge in [0.15, 0.2) is 5.96 Å². The van der Waals surface area contributed by atoms with E-state index in [2.05, 4.69) is 31.4 Å². The fourth-order valence-electron chi connectivity index (χ4n) is 2.89. The zero-order valence-electron chi connectivity index (χ0n) is 16.4. The van der Waals surface area contributed by atoms with Gasteiger partial charge in [0, 0.05) is 26.2 Å². The number of benzene rings is 1. The highest BCUT2D eigenvalue weighted by Crippen LogP contribution is 2.30. The molecule has 6 heteroatoms. The van der Waals surface area contributed by atoms with Gasteiger partial charge in [0.2, 0.25) is 0 Å². The Labute approximate surface area is 175 Å². The van der Waals surface area contributed by atoms with Crippen LogP contribution in [0.15, 0.2) is 29.3 Å². The fourth-order valence-corrected chi connectivity index (χ4v) is 2.89. The minimum absolute atomic E-state index is 0. The molecule has 1 aromatic carbocycles. The van der Waals surface area contributed by atoms with Crippen LogP contribution in [0, 0.1) is 5.41 Å². The number of aryl methyl sites for hydroxylation is 1. The smallest absolute Gasteiger partial charge is 0.191 e. The Morgan fingerprint density at radius 3 is 2.27 bits per heavy atom. The summed E-state index contributed by atoms with van der Waals surface area (Å²) in [6.07, 6.45) is 4.80. The van der Waals surface area contributed by atoms with E-state index in [1.54, 1.807) is 12.1 Å². The molecule has 0 bridgehead atoms. The summed E-state index contributed by atoms with van der Waals surface area (Å²) in [6, 6.07) is 7.37. The molecule has 5 nitrogen and oxygen atoms in total. The maximum Gasteiger partial charge on any atom is 0.191 e. The normalized spacial score (nSPS) is 11.8. The van der Waals surface area contributed by atoms with Crippen molar-refractivity contribution in [2.45, 2.75) is 52.9 Å². The van der Waals surface area contributed by atoms with Gasteiger partial charge >= 0.3 is 0 Å². The minimum atomic E-state index is 0. The molecule has 0 fully saturated rings. The van der Waals surface area contributed by atoms with Crippen LogP contribution in [-0.2, 0) is 6.42 Å². The number of hydrogen-bond donors (Lipinski definition) is 4. The van der Waals surface area contributed by atoms with Crippen LogP contribution in [0.3, 0.4) is 0 Å². The van der Waals surface area contributed by atoms with Crippen molar-refractivity contribution in [3.05, 3.63) is 29.8 Å². The number of nitrogens with zero attached hydrogens (tertiary/aromatic N) is 1. The number of halogens is 1. The third kappa shape index (κ3) is 9.07. The number of hydrogen-bond acceptors (Lipinski definition) is 3. The topological polar surface area (TPSA) is 76.9 Å². The molecule has 0 saturated heterocycles. The Morgan fingerprint density at radius 2 is 1.73 bits per heavy atom. The molecule has 0 aliphatic heterocycles. The van der Waals surface area contributed by atoms with E-state index in [0.717, 1.165) is 57.7 Å². The Kier molecular flexibility index (Phi) is 13.5. The third-order valence-electron chi connectivity index (χ3n) is 4.93. The maximum atomic E-state index is 9.34. The number of aliphatic hydroxyl groups excluding tert-OH is 1. The van der Waals surface area contributed by atoms with Crippen LogP contribution in [0.1, 0.15) is 52.0 Å². The summed E-state index contributed by atoms with van der Waals surface area (Å²) >= 11 is 0. The van der Waals surface area contributed by atoms with Crippen LogP contribution in [-0.4, -0.2) is 42.4 Å². The second-order valence-electron chi connectivity index (χ2n) is 6.57. The predicted octanol–water partition coefficient (Wildman–Crippen LogP) is 3.69. The van der Waals surface area contributed by atoms with Crippen LogP contribution < -0.4 is 10.6 Å². The van der Waals surface area contributed by atoms with Crippen LogP contribution in [0.4, 0.5) is 0 Å². The molecule has 0 saturated carbocycles. The Hall–Kier alpha value is -1.02. The van der Waals surface area contributed by atoms with Crippen LogP contribution in [0.5, 0.6) is 5.75 Å². The van der Waals surface area contributed by atoms with Crippen LogP contribution in [0.2, 0.25) is 0 Å². The van der Waals surface area contributed by atoms with E-state index < -0.39 is 0 Å². The number of rotatable bonds is 11. The average molecular weight is 477 g/mol. The van der Waals surface area contributed by atoms with Gasteiger partial charge in [0.05, 0.1) is 0 Å². The maximum absolute atomic E-state index is 9.34. The highest BCUT2D eigenvalue weighted by Gasteiger charge is 2.25. The molecule has 26 heavy (non-hydrogen) atoms. The summed E-state index contributed by atoms with van der Waals surface area (Å²) in [6.45, 7) is 9.03.